The topological polar surface area (TPSA) is 60.6 Å². The number of nitrogens with zero attached hydrogens (tertiary/aromatic N) is 2. The van der Waals surface area contributed by atoms with Crippen LogP contribution >= 0.6 is 0 Å². The standard InChI is InChI=1S/C24H33N3.C9H16O2/c1-23(2)12-13-24(3,4)20-16-17(8-9-19(20)23)21-6-5-7-22(26-21)27-14-10-18(25)11-15-27;1-9(2)10-7-5-3-4-6-8(7)11-9/h5-9,16,18H,10-15,25H2,1-4H3;7-8H,3-6H2,1-2H3/t;7-,8?/m.0/s1. The molecule has 2 atom stereocenters. The van der Waals surface area contributed by atoms with Crippen molar-refractivity contribution in [3.8, 4) is 11.3 Å². The van der Waals surface area contributed by atoms with Crippen LogP contribution in [0.1, 0.15) is 104 Å². The van der Waals surface area contributed by atoms with Gasteiger partial charge in [-0.05, 0) is 92.5 Å². The number of nitrogens with two attached hydrogens (primary N) is 1. The van der Waals surface area contributed by atoms with E-state index in [-0.39, 0.29) is 16.6 Å². The number of ether oxygens (including phenoxy) is 2. The number of fused-ring (bicyclic) bond motifs is 2. The minimum atomic E-state index is -0.320. The van der Waals surface area contributed by atoms with Crippen LogP contribution < -0.4 is 10.6 Å². The lowest BCUT2D eigenvalue weighted by molar-refractivity contribution is -0.145. The Labute approximate surface area is 230 Å². The molecule has 5 heteroatoms. The molecule has 4 aliphatic rings. The fourth-order valence-electron chi connectivity index (χ4n) is 6.73. The Morgan fingerprint density at radius 2 is 1.39 bits per heavy atom. The molecule has 5 nitrogen and oxygen atoms in total. The molecule has 0 spiro atoms. The maximum Gasteiger partial charge on any atom is 0.163 e. The van der Waals surface area contributed by atoms with Gasteiger partial charge in [-0.25, -0.2) is 4.98 Å². The van der Waals surface area contributed by atoms with Gasteiger partial charge in [-0.2, -0.15) is 0 Å². The summed E-state index contributed by atoms with van der Waals surface area (Å²) < 4.78 is 11.5. The van der Waals surface area contributed by atoms with Crippen LogP contribution in [0.4, 0.5) is 5.82 Å². The summed E-state index contributed by atoms with van der Waals surface area (Å²) in [6.07, 6.45) is 10.3. The first-order valence-electron chi connectivity index (χ1n) is 14.9. The summed E-state index contributed by atoms with van der Waals surface area (Å²) in [6.45, 7) is 15.5. The Kier molecular flexibility index (Phi) is 7.67. The zero-order valence-corrected chi connectivity index (χ0v) is 24.6. The Hall–Kier alpha value is -1.95. The van der Waals surface area contributed by atoms with Crippen molar-refractivity contribution in [1.29, 1.82) is 0 Å². The fraction of sp³-hybridized carbons (Fsp3) is 0.667. The first-order valence-corrected chi connectivity index (χ1v) is 14.9. The van der Waals surface area contributed by atoms with Crippen molar-refractivity contribution in [3.05, 3.63) is 47.5 Å². The molecule has 2 saturated heterocycles. The highest BCUT2D eigenvalue weighted by molar-refractivity contribution is 5.65. The summed E-state index contributed by atoms with van der Waals surface area (Å²) in [5.41, 5.74) is 11.8. The number of rotatable bonds is 2. The quantitative estimate of drug-likeness (QED) is 0.458. The molecule has 1 saturated carbocycles. The predicted molar refractivity (Wildman–Crippen MR) is 157 cm³/mol. The maximum atomic E-state index is 6.06. The average molecular weight is 520 g/mol. The third kappa shape index (κ3) is 5.95. The van der Waals surface area contributed by atoms with Gasteiger partial charge in [-0.1, -0.05) is 58.7 Å². The SMILES string of the molecule is CC1(C)CCC(C)(C)c2cc(-c3cccc(N4CCC(N)CC4)n3)ccc21.CC1(C)OC2CCCC[C@@H]2O1. The fourth-order valence-corrected chi connectivity index (χ4v) is 6.73. The smallest absolute Gasteiger partial charge is 0.163 e. The molecule has 2 aromatic rings. The van der Waals surface area contributed by atoms with Gasteiger partial charge in [0.2, 0.25) is 0 Å². The minimum absolute atomic E-state index is 0.224. The van der Waals surface area contributed by atoms with Crippen molar-refractivity contribution in [1.82, 2.24) is 4.98 Å². The van der Waals surface area contributed by atoms with E-state index >= 15 is 0 Å². The van der Waals surface area contributed by atoms with Crippen LogP contribution in [-0.4, -0.2) is 42.1 Å². The van der Waals surface area contributed by atoms with Crippen molar-refractivity contribution >= 4 is 5.82 Å². The van der Waals surface area contributed by atoms with Crippen LogP contribution in [0.15, 0.2) is 36.4 Å². The normalized spacial score (nSPS) is 27.6. The van der Waals surface area contributed by atoms with Crippen LogP contribution in [0.5, 0.6) is 0 Å². The van der Waals surface area contributed by atoms with Gasteiger partial charge in [0.15, 0.2) is 5.79 Å². The molecule has 0 amide bonds. The summed E-state index contributed by atoms with van der Waals surface area (Å²) in [5.74, 6) is 0.761. The van der Waals surface area contributed by atoms with Gasteiger partial charge in [0.1, 0.15) is 5.82 Å². The minimum Gasteiger partial charge on any atom is -0.356 e. The largest absolute Gasteiger partial charge is 0.356 e. The third-order valence-electron chi connectivity index (χ3n) is 9.26. The zero-order chi connectivity index (χ0) is 27.1. The molecular weight excluding hydrogens is 470 g/mol. The molecule has 3 heterocycles. The highest BCUT2D eigenvalue weighted by atomic mass is 16.7. The molecular formula is C33H49N3O2. The number of hydrogen-bond donors (Lipinski definition) is 1. The summed E-state index contributed by atoms with van der Waals surface area (Å²) in [5, 5.41) is 0. The van der Waals surface area contributed by atoms with Crippen LogP contribution in [0.25, 0.3) is 11.3 Å². The first kappa shape index (κ1) is 27.6. The van der Waals surface area contributed by atoms with Crippen LogP contribution in [0.3, 0.4) is 0 Å². The second kappa shape index (κ2) is 10.6. The molecule has 38 heavy (non-hydrogen) atoms. The highest BCUT2D eigenvalue weighted by Gasteiger charge is 2.42. The summed E-state index contributed by atoms with van der Waals surface area (Å²) in [4.78, 5) is 7.38. The number of hydrogen-bond acceptors (Lipinski definition) is 5. The molecule has 0 bridgehead atoms. The third-order valence-corrected chi connectivity index (χ3v) is 9.26. The second-order valence-electron chi connectivity index (χ2n) is 13.7. The summed E-state index contributed by atoms with van der Waals surface area (Å²) in [6, 6.07) is 13.8. The van der Waals surface area contributed by atoms with Crippen molar-refractivity contribution in [2.45, 2.75) is 128 Å². The van der Waals surface area contributed by atoms with Crippen molar-refractivity contribution in [2.24, 2.45) is 5.73 Å². The number of anilines is 1. The van der Waals surface area contributed by atoms with E-state index in [0.29, 0.717) is 18.2 Å². The predicted octanol–water partition coefficient (Wildman–Crippen LogP) is 7.11. The summed E-state index contributed by atoms with van der Waals surface area (Å²) >= 11 is 0. The van der Waals surface area contributed by atoms with Gasteiger partial charge in [0.25, 0.3) is 0 Å². The molecule has 208 valence electrons. The average Bonchev–Trinajstić information content (AvgIpc) is 3.21. The van der Waals surface area contributed by atoms with Gasteiger partial charge in [-0.3, -0.25) is 0 Å². The number of aromatic nitrogens is 1. The molecule has 6 rings (SSSR count). The lowest BCUT2D eigenvalue weighted by Crippen LogP contribution is -2.40. The van der Waals surface area contributed by atoms with E-state index in [0.717, 1.165) is 37.4 Å². The lowest BCUT2D eigenvalue weighted by Gasteiger charge is -2.42. The van der Waals surface area contributed by atoms with E-state index in [2.05, 4.69) is 69.0 Å². The second-order valence-corrected chi connectivity index (χ2v) is 13.7. The van der Waals surface area contributed by atoms with E-state index in [1.807, 2.05) is 13.8 Å². The molecule has 1 unspecified atom stereocenters. The first-order chi connectivity index (χ1) is 17.9. The molecule has 1 aromatic carbocycles. The van der Waals surface area contributed by atoms with Gasteiger partial charge >= 0.3 is 0 Å². The zero-order valence-electron chi connectivity index (χ0n) is 24.6. The van der Waals surface area contributed by atoms with Crippen LogP contribution in [-0.2, 0) is 20.3 Å². The van der Waals surface area contributed by atoms with Crippen LogP contribution in [0, 0.1) is 0 Å². The van der Waals surface area contributed by atoms with Crippen molar-refractivity contribution in [3.63, 3.8) is 0 Å². The Morgan fingerprint density at radius 3 is 2.03 bits per heavy atom. The van der Waals surface area contributed by atoms with Gasteiger partial charge in [-0.15, -0.1) is 0 Å². The van der Waals surface area contributed by atoms with E-state index in [9.17, 15) is 0 Å². The Balaban J connectivity index is 0.000000222. The molecule has 2 aliphatic heterocycles. The number of benzene rings is 1. The number of piperidine rings is 1. The van der Waals surface area contributed by atoms with Crippen molar-refractivity contribution < 1.29 is 9.47 Å². The molecule has 3 fully saturated rings. The Bertz CT molecular complexity index is 1100. The maximum absolute atomic E-state index is 6.06. The monoisotopic (exact) mass is 519 g/mol. The lowest BCUT2D eigenvalue weighted by atomic mass is 9.63. The Morgan fingerprint density at radius 1 is 0.789 bits per heavy atom. The van der Waals surface area contributed by atoms with Gasteiger partial charge < -0.3 is 20.1 Å². The van der Waals surface area contributed by atoms with E-state index in [1.54, 1.807) is 0 Å². The highest BCUT2D eigenvalue weighted by Crippen LogP contribution is 2.46. The van der Waals surface area contributed by atoms with E-state index in [4.69, 9.17) is 20.2 Å². The van der Waals surface area contributed by atoms with Gasteiger partial charge in [0.05, 0.1) is 17.9 Å². The summed E-state index contributed by atoms with van der Waals surface area (Å²) in [7, 11) is 0. The molecule has 2 aliphatic carbocycles. The number of pyridine rings is 1. The van der Waals surface area contributed by atoms with Gasteiger partial charge in [0, 0.05) is 24.7 Å². The molecule has 0 radical (unpaired) electrons. The molecule has 2 N–H and O–H groups in total. The van der Waals surface area contributed by atoms with E-state index in [1.165, 1.54) is 55.2 Å². The van der Waals surface area contributed by atoms with Crippen molar-refractivity contribution in [2.75, 3.05) is 18.0 Å². The van der Waals surface area contributed by atoms with E-state index < -0.39 is 0 Å². The van der Waals surface area contributed by atoms with Crippen LogP contribution in [0.2, 0.25) is 0 Å². The molecule has 1 aromatic heterocycles.